The van der Waals surface area contributed by atoms with E-state index >= 15 is 0 Å². The quantitative estimate of drug-likeness (QED) is 0.927. The Morgan fingerprint density at radius 2 is 2.10 bits per heavy atom. The van der Waals surface area contributed by atoms with Gasteiger partial charge in [-0.2, -0.15) is 4.31 Å². The monoisotopic (exact) mass is 301 g/mol. The highest BCUT2D eigenvalue weighted by Crippen LogP contribution is 2.27. The molecule has 1 aromatic carbocycles. The number of carbonyl (C=O) groups is 1. The number of halogens is 1. The second-order valence-corrected chi connectivity index (χ2v) is 6.77. The molecule has 1 unspecified atom stereocenters. The number of benzene rings is 1. The molecule has 1 atom stereocenters. The summed E-state index contributed by atoms with van der Waals surface area (Å²) < 4.78 is 40.0. The first-order valence-electron chi connectivity index (χ1n) is 6.38. The van der Waals surface area contributed by atoms with Crippen molar-refractivity contribution in [2.45, 2.75) is 37.1 Å². The number of rotatable bonds is 3. The number of hydrogen-bond acceptors (Lipinski definition) is 3. The van der Waals surface area contributed by atoms with E-state index in [1.807, 2.05) is 0 Å². The van der Waals surface area contributed by atoms with E-state index in [1.54, 1.807) is 6.92 Å². The van der Waals surface area contributed by atoms with Gasteiger partial charge >= 0.3 is 5.97 Å². The molecule has 1 aromatic rings. The summed E-state index contributed by atoms with van der Waals surface area (Å²) in [6.45, 7) is 2.11. The predicted octanol–water partition coefficient (Wildman–Crippen LogP) is 2.09. The van der Waals surface area contributed by atoms with E-state index in [4.69, 9.17) is 5.11 Å². The van der Waals surface area contributed by atoms with Crippen LogP contribution >= 0.6 is 0 Å². The lowest BCUT2D eigenvalue weighted by Crippen LogP contribution is -2.42. The van der Waals surface area contributed by atoms with E-state index in [2.05, 4.69) is 0 Å². The fourth-order valence-electron chi connectivity index (χ4n) is 2.39. The lowest BCUT2D eigenvalue weighted by atomic mass is 10.1. The van der Waals surface area contributed by atoms with Crippen molar-refractivity contribution in [2.75, 3.05) is 6.54 Å². The molecule has 7 heteroatoms. The van der Waals surface area contributed by atoms with Crippen LogP contribution in [-0.2, 0) is 10.0 Å². The molecule has 1 fully saturated rings. The maximum absolute atomic E-state index is 13.8. The van der Waals surface area contributed by atoms with Crippen LogP contribution in [0.5, 0.6) is 0 Å². The van der Waals surface area contributed by atoms with Gasteiger partial charge < -0.3 is 5.11 Å². The van der Waals surface area contributed by atoms with Crippen molar-refractivity contribution < 1.29 is 22.7 Å². The Labute approximate surface area is 117 Å². The first kappa shape index (κ1) is 14.9. The van der Waals surface area contributed by atoms with E-state index in [0.717, 1.165) is 37.5 Å². The standard InChI is InChI=1S/C13H16FNO4S/c1-9-4-2-3-7-15(9)20(18,19)12-8-10(13(16)17)5-6-11(12)14/h5-6,8-9H,2-4,7H2,1H3,(H,16,17). The van der Waals surface area contributed by atoms with Crippen molar-refractivity contribution >= 4 is 16.0 Å². The van der Waals surface area contributed by atoms with Crippen LogP contribution in [-0.4, -0.2) is 36.4 Å². The normalized spacial score (nSPS) is 20.8. The summed E-state index contributed by atoms with van der Waals surface area (Å²) in [6, 6.07) is 2.61. The summed E-state index contributed by atoms with van der Waals surface area (Å²) in [6.07, 6.45) is 2.38. The van der Waals surface area contributed by atoms with Crippen molar-refractivity contribution in [1.29, 1.82) is 0 Å². The zero-order chi connectivity index (χ0) is 14.9. The molecule has 1 aliphatic heterocycles. The van der Waals surface area contributed by atoms with Gasteiger partial charge in [-0.25, -0.2) is 17.6 Å². The molecule has 0 amide bonds. The Balaban J connectivity index is 2.48. The summed E-state index contributed by atoms with van der Waals surface area (Å²) in [7, 11) is -4.00. The lowest BCUT2D eigenvalue weighted by molar-refractivity contribution is 0.0696. The molecule has 20 heavy (non-hydrogen) atoms. The summed E-state index contributed by atoms with van der Waals surface area (Å²) >= 11 is 0. The smallest absolute Gasteiger partial charge is 0.335 e. The highest BCUT2D eigenvalue weighted by Gasteiger charge is 2.33. The minimum absolute atomic E-state index is 0.207. The largest absolute Gasteiger partial charge is 0.478 e. The molecule has 5 nitrogen and oxygen atoms in total. The van der Waals surface area contributed by atoms with E-state index in [-0.39, 0.29) is 11.6 Å². The third kappa shape index (κ3) is 2.69. The topological polar surface area (TPSA) is 74.7 Å². The molecule has 0 aromatic heterocycles. The molecule has 0 radical (unpaired) electrons. The number of sulfonamides is 1. The van der Waals surface area contributed by atoms with Crippen LogP contribution in [0.1, 0.15) is 36.5 Å². The zero-order valence-corrected chi connectivity index (χ0v) is 11.9. The maximum Gasteiger partial charge on any atom is 0.335 e. The third-order valence-electron chi connectivity index (χ3n) is 3.51. The number of carboxylic acids is 1. The Kier molecular flexibility index (Phi) is 4.10. The first-order valence-corrected chi connectivity index (χ1v) is 7.82. The Morgan fingerprint density at radius 1 is 1.40 bits per heavy atom. The Morgan fingerprint density at radius 3 is 2.70 bits per heavy atom. The second kappa shape index (κ2) is 5.49. The second-order valence-electron chi connectivity index (χ2n) is 4.91. The van der Waals surface area contributed by atoms with Crippen LogP contribution in [0, 0.1) is 5.82 Å². The molecule has 1 saturated heterocycles. The van der Waals surface area contributed by atoms with Gasteiger partial charge in [-0.1, -0.05) is 6.42 Å². The summed E-state index contributed by atoms with van der Waals surface area (Å²) in [5.74, 6) is -2.21. The highest BCUT2D eigenvalue weighted by molar-refractivity contribution is 7.89. The minimum atomic E-state index is -4.00. The number of hydrogen-bond donors (Lipinski definition) is 1. The van der Waals surface area contributed by atoms with Gasteiger partial charge in [0.1, 0.15) is 10.7 Å². The van der Waals surface area contributed by atoms with Gasteiger partial charge in [0.05, 0.1) is 5.56 Å². The van der Waals surface area contributed by atoms with Crippen LogP contribution in [0.4, 0.5) is 4.39 Å². The van der Waals surface area contributed by atoms with Gasteiger partial charge in [0, 0.05) is 12.6 Å². The average Bonchev–Trinajstić information content (AvgIpc) is 2.39. The van der Waals surface area contributed by atoms with Crippen LogP contribution in [0.2, 0.25) is 0 Å². The molecule has 110 valence electrons. The van der Waals surface area contributed by atoms with E-state index in [1.165, 1.54) is 4.31 Å². The molecule has 0 saturated carbocycles. The number of nitrogens with zero attached hydrogens (tertiary/aromatic N) is 1. The number of aromatic carboxylic acids is 1. The molecule has 1 N–H and O–H groups in total. The summed E-state index contributed by atoms with van der Waals surface area (Å²) in [5, 5.41) is 8.90. The highest BCUT2D eigenvalue weighted by atomic mass is 32.2. The molecule has 2 rings (SSSR count). The van der Waals surface area contributed by atoms with Gasteiger partial charge in [0.2, 0.25) is 10.0 Å². The number of piperidine rings is 1. The fourth-order valence-corrected chi connectivity index (χ4v) is 4.18. The van der Waals surface area contributed by atoms with Crippen LogP contribution in [0.15, 0.2) is 23.1 Å². The molecular formula is C13H16FNO4S. The Bertz CT molecular complexity index is 629. The SMILES string of the molecule is CC1CCCCN1S(=O)(=O)c1cc(C(=O)O)ccc1F. The predicted molar refractivity (Wildman–Crippen MR) is 70.6 cm³/mol. The van der Waals surface area contributed by atoms with Gasteiger partial charge in [-0.15, -0.1) is 0 Å². The first-order chi connectivity index (χ1) is 9.34. The van der Waals surface area contributed by atoms with Crippen molar-refractivity contribution in [2.24, 2.45) is 0 Å². The van der Waals surface area contributed by atoms with E-state index in [0.29, 0.717) is 6.54 Å². The summed E-state index contributed by atoms with van der Waals surface area (Å²) in [5.41, 5.74) is -0.241. The summed E-state index contributed by atoms with van der Waals surface area (Å²) in [4.78, 5) is 10.3. The molecule has 1 heterocycles. The van der Waals surface area contributed by atoms with Crippen molar-refractivity contribution in [3.05, 3.63) is 29.6 Å². The molecular weight excluding hydrogens is 285 g/mol. The lowest BCUT2D eigenvalue weighted by Gasteiger charge is -2.32. The van der Waals surface area contributed by atoms with Gasteiger partial charge in [0.15, 0.2) is 0 Å². The van der Waals surface area contributed by atoms with Gasteiger partial charge in [0.25, 0.3) is 0 Å². The zero-order valence-electron chi connectivity index (χ0n) is 11.0. The van der Waals surface area contributed by atoms with Crippen molar-refractivity contribution in [1.82, 2.24) is 4.31 Å². The molecule has 0 bridgehead atoms. The number of carboxylic acid groups (broad SMARTS) is 1. The van der Waals surface area contributed by atoms with Crippen molar-refractivity contribution in [3.8, 4) is 0 Å². The van der Waals surface area contributed by atoms with Crippen molar-refractivity contribution in [3.63, 3.8) is 0 Å². The average molecular weight is 301 g/mol. The molecule has 1 aliphatic rings. The van der Waals surface area contributed by atoms with Crippen LogP contribution in [0.25, 0.3) is 0 Å². The van der Waals surface area contributed by atoms with E-state index in [9.17, 15) is 17.6 Å². The molecule has 0 spiro atoms. The Hall–Kier alpha value is -1.47. The third-order valence-corrected chi connectivity index (χ3v) is 5.54. The van der Waals surface area contributed by atoms with Gasteiger partial charge in [-0.3, -0.25) is 0 Å². The van der Waals surface area contributed by atoms with Gasteiger partial charge in [-0.05, 0) is 38.0 Å². The fraction of sp³-hybridized carbons (Fsp3) is 0.462. The van der Waals surface area contributed by atoms with E-state index < -0.39 is 26.7 Å². The van der Waals surface area contributed by atoms with Crippen LogP contribution < -0.4 is 0 Å². The maximum atomic E-state index is 13.8. The van der Waals surface area contributed by atoms with Crippen LogP contribution in [0.3, 0.4) is 0 Å². The minimum Gasteiger partial charge on any atom is -0.478 e. The molecule has 0 aliphatic carbocycles.